The van der Waals surface area contributed by atoms with E-state index in [0.717, 1.165) is 0 Å². The second-order valence-corrected chi connectivity index (χ2v) is 3.03. The van der Waals surface area contributed by atoms with Gasteiger partial charge in [-0.25, -0.2) is 0 Å². The Bertz CT molecular complexity index is 482. The quantitative estimate of drug-likeness (QED) is 0.740. The topological polar surface area (TPSA) is 68.9 Å². The Morgan fingerprint density at radius 3 is 2.53 bits per heavy atom. The van der Waals surface area contributed by atoms with E-state index in [4.69, 9.17) is 5.73 Å². The first-order valence-electron chi connectivity index (χ1n) is 4.46. The molecule has 0 saturated carbocycles. The molecule has 2 rings (SSSR count). The summed E-state index contributed by atoms with van der Waals surface area (Å²) in [4.78, 5) is 11.9. The van der Waals surface area contributed by atoms with Gasteiger partial charge in [-0.05, 0) is 6.07 Å². The molecule has 0 spiro atoms. The summed E-state index contributed by atoms with van der Waals surface area (Å²) in [5, 5.41) is 7.23. The van der Waals surface area contributed by atoms with Gasteiger partial charge in [0.05, 0.1) is 11.8 Å². The molecule has 0 bridgehead atoms. The zero-order valence-corrected chi connectivity index (χ0v) is 7.92. The minimum absolute atomic E-state index is 0.136. The van der Waals surface area contributed by atoms with Crippen LogP contribution in [-0.2, 0) is 0 Å². The Morgan fingerprint density at radius 2 is 1.87 bits per heavy atom. The molecule has 0 aliphatic rings. The molecule has 0 atom stereocenters. The molecule has 2 N–H and O–H groups in total. The van der Waals surface area contributed by atoms with Crippen LogP contribution < -0.4 is 5.73 Å². The SMILES string of the molecule is Nc1nnccc1C(=O)c1ccccc1. The molecular weight excluding hydrogens is 190 g/mol. The van der Waals surface area contributed by atoms with Gasteiger partial charge in [0.1, 0.15) is 0 Å². The molecule has 1 aromatic carbocycles. The maximum Gasteiger partial charge on any atom is 0.196 e. The third kappa shape index (κ3) is 1.83. The third-order valence-electron chi connectivity index (χ3n) is 2.03. The lowest BCUT2D eigenvalue weighted by molar-refractivity contribution is 0.103. The van der Waals surface area contributed by atoms with Gasteiger partial charge in [0.25, 0.3) is 0 Å². The number of ketones is 1. The van der Waals surface area contributed by atoms with Crippen LogP contribution in [0.2, 0.25) is 0 Å². The highest BCUT2D eigenvalue weighted by atomic mass is 16.1. The maximum absolute atomic E-state index is 11.9. The summed E-state index contributed by atoms with van der Waals surface area (Å²) in [6.45, 7) is 0. The van der Waals surface area contributed by atoms with Crippen molar-refractivity contribution in [3.05, 3.63) is 53.7 Å². The van der Waals surface area contributed by atoms with E-state index < -0.39 is 0 Å². The number of aromatic nitrogens is 2. The smallest absolute Gasteiger partial charge is 0.196 e. The average molecular weight is 199 g/mol. The number of carbonyl (C=O) groups is 1. The van der Waals surface area contributed by atoms with Gasteiger partial charge in [0, 0.05) is 5.56 Å². The number of nitrogen functional groups attached to an aromatic ring is 1. The lowest BCUT2D eigenvalue weighted by Gasteiger charge is -2.01. The van der Waals surface area contributed by atoms with E-state index in [2.05, 4.69) is 10.2 Å². The molecule has 4 heteroatoms. The van der Waals surface area contributed by atoms with Crippen LogP contribution in [-0.4, -0.2) is 16.0 Å². The normalized spacial score (nSPS) is 9.87. The third-order valence-corrected chi connectivity index (χ3v) is 2.03. The van der Waals surface area contributed by atoms with Crippen LogP contribution in [0.3, 0.4) is 0 Å². The molecule has 1 aromatic heterocycles. The van der Waals surface area contributed by atoms with E-state index in [9.17, 15) is 4.79 Å². The number of rotatable bonds is 2. The molecule has 4 nitrogen and oxygen atoms in total. The van der Waals surface area contributed by atoms with Crippen molar-refractivity contribution >= 4 is 11.6 Å². The second kappa shape index (κ2) is 3.88. The van der Waals surface area contributed by atoms with Crippen molar-refractivity contribution in [2.24, 2.45) is 0 Å². The van der Waals surface area contributed by atoms with Gasteiger partial charge in [0.15, 0.2) is 11.6 Å². The standard InChI is InChI=1S/C11H9N3O/c12-11-9(6-7-13-14-11)10(15)8-4-2-1-3-5-8/h1-7H,(H2,12,14). The first-order valence-corrected chi connectivity index (χ1v) is 4.46. The number of carbonyl (C=O) groups excluding carboxylic acids is 1. The Labute approximate surface area is 86.8 Å². The highest BCUT2D eigenvalue weighted by molar-refractivity contribution is 6.11. The highest BCUT2D eigenvalue weighted by Gasteiger charge is 2.12. The number of hydrogen-bond acceptors (Lipinski definition) is 4. The molecule has 1 heterocycles. The van der Waals surface area contributed by atoms with E-state index in [1.807, 2.05) is 6.07 Å². The molecule has 0 aliphatic heterocycles. The summed E-state index contributed by atoms with van der Waals surface area (Å²) < 4.78 is 0. The summed E-state index contributed by atoms with van der Waals surface area (Å²) in [5.41, 5.74) is 6.54. The van der Waals surface area contributed by atoms with Crippen LogP contribution >= 0.6 is 0 Å². The molecule has 0 saturated heterocycles. The molecule has 2 aromatic rings. The summed E-state index contributed by atoms with van der Waals surface area (Å²) in [7, 11) is 0. The summed E-state index contributed by atoms with van der Waals surface area (Å²) in [6.07, 6.45) is 1.45. The molecule has 74 valence electrons. The monoisotopic (exact) mass is 199 g/mol. The molecule has 0 fully saturated rings. The molecule has 15 heavy (non-hydrogen) atoms. The van der Waals surface area contributed by atoms with Gasteiger partial charge in [0.2, 0.25) is 0 Å². The molecule has 0 radical (unpaired) electrons. The number of benzene rings is 1. The van der Waals surface area contributed by atoms with Crippen molar-refractivity contribution in [3.63, 3.8) is 0 Å². The average Bonchev–Trinajstić information content (AvgIpc) is 2.30. The van der Waals surface area contributed by atoms with Crippen molar-refractivity contribution < 1.29 is 4.79 Å². The Kier molecular flexibility index (Phi) is 2.41. The minimum Gasteiger partial charge on any atom is -0.382 e. The van der Waals surface area contributed by atoms with Gasteiger partial charge >= 0.3 is 0 Å². The molecule has 0 aliphatic carbocycles. The van der Waals surface area contributed by atoms with Crippen molar-refractivity contribution in [1.82, 2.24) is 10.2 Å². The van der Waals surface area contributed by atoms with Crippen LogP contribution in [0.4, 0.5) is 5.82 Å². The van der Waals surface area contributed by atoms with Crippen LogP contribution in [0.1, 0.15) is 15.9 Å². The second-order valence-electron chi connectivity index (χ2n) is 3.03. The van der Waals surface area contributed by atoms with Crippen molar-refractivity contribution in [2.45, 2.75) is 0 Å². The number of hydrogen-bond donors (Lipinski definition) is 1. The van der Waals surface area contributed by atoms with E-state index in [-0.39, 0.29) is 11.6 Å². The number of nitrogens with zero attached hydrogens (tertiary/aromatic N) is 2. The zero-order valence-electron chi connectivity index (χ0n) is 7.92. The Morgan fingerprint density at radius 1 is 1.13 bits per heavy atom. The van der Waals surface area contributed by atoms with Gasteiger partial charge in [-0.2, -0.15) is 5.10 Å². The highest BCUT2D eigenvalue weighted by Crippen LogP contribution is 2.12. The number of nitrogens with two attached hydrogens (primary N) is 1. The van der Waals surface area contributed by atoms with E-state index in [0.29, 0.717) is 11.1 Å². The van der Waals surface area contributed by atoms with E-state index in [1.165, 1.54) is 6.20 Å². The van der Waals surface area contributed by atoms with Gasteiger partial charge < -0.3 is 5.73 Å². The maximum atomic E-state index is 11.9. The van der Waals surface area contributed by atoms with Crippen molar-refractivity contribution in [2.75, 3.05) is 5.73 Å². The fraction of sp³-hybridized carbons (Fsp3) is 0. The van der Waals surface area contributed by atoms with Gasteiger partial charge in [-0.1, -0.05) is 30.3 Å². The van der Waals surface area contributed by atoms with Crippen LogP contribution in [0.5, 0.6) is 0 Å². The Hall–Kier alpha value is -2.23. The van der Waals surface area contributed by atoms with Gasteiger partial charge in [-0.15, -0.1) is 5.10 Å². The summed E-state index contributed by atoms with van der Waals surface area (Å²) in [6, 6.07) is 10.5. The lowest BCUT2D eigenvalue weighted by Crippen LogP contribution is -2.07. The van der Waals surface area contributed by atoms with E-state index in [1.54, 1.807) is 30.3 Å². The molecular formula is C11H9N3O. The van der Waals surface area contributed by atoms with Crippen molar-refractivity contribution in [3.8, 4) is 0 Å². The first kappa shape index (κ1) is 9.33. The molecule has 0 amide bonds. The van der Waals surface area contributed by atoms with Crippen LogP contribution in [0.15, 0.2) is 42.6 Å². The zero-order chi connectivity index (χ0) is 10.7. The summed E-state index contributed by atoms with van der Waals surface area (Å²) in [5.74, 6) is 0.0225. The first-order chi connectivity index (χ1) is 7.29. The van der Waals surface area contributed by atoms with Gasteiger partial charge in [-0.3, -0.25) is 4.79 Å². The Balaban J connectivity index is 2.42. The fourth-order valence-electron chi connectivity index (χ4n) is 1.28. The summed E-state index contributed by atoms with van der Waals surface area (Å²) >= 11 is 0. The van der Waals surface area contributed by atoms with Crippen LogP contribution in [0, 0.1) is 0 Å². The predicted molar refractivity (Wildman–Crippen MR) is 56.3 cm³/mol. The predicted octanol–water partition coefficient (Wildman–Crippen LogP) is 1.29. The molecule has 0 unspecified atom stereocenters. The minimum atomic E-state index is -0.136. The van der Waals surface area contributed by atoms with Crippen LogP contribution in [0.25, 0.3) is 0 Å². The fourth-order valence-corrected chi connectivity index (χ4v) is 1.28. The van der Waals surface area contributed by atoms with Crippen molar-refractivity contribution in [1.29, 1.82) is 0 Å². The lowest BCUT2D eigenvalue weighted by atomic mass is 10.1. The largest absolute Gasteiger partial charge is 0.382 e. The number of anilines is 1. The van der Waals surface area contributed by atoms with E-state index >= 15 is 0 Å².